The van der Waals surface area contributed by atoms with Crippen molar-refractivity contribution in [3.63, 3.8) is 0 Å². The van der Waals surface area contributed by atoms with Crippen LogP contribution in [-0.2, 0) is 6.54 Å². The standard InChI is InChI=1S/C22H33N5OS/c1-4-23-22(26-16-21-24-14-17(2)29-21)25-15-19(27-12-8-5-9-13-27)18-10-6-7-11-20(18)28-3/h6-7,10-11,14,19H,4-5,8-9,12-13,15-16H2,1-3H3,(H2,23,25,26). The summed E-state index contributed by atoms with van der Waals surface area (Å²) in [5.41, 5.74) is 1.23. The zero-order valence-corrected chi connectivity index (χ0v) is 18.6. The van der Waals surface area contributed by atoms with E-state index >= 15 is 0 Å². The third-order valence-corrected chi connectivity index (χ3v) is 6.08. The summed E-state index contributed by atoms with van der Waals surface area (Å²) in [6.45, 7) is 8.61. The lowest BCUT2D eigenvalue weighted by atomic mass is 10.0. The normalized spacial score (nSPS) is 16.4. The molecule has 29 heavy (non-hydrogen) atoms. The monoisotopic (exact) mass is 415 g/mol. The van der Waals surface area contributed by atoms with Crippen molar-refractivity contribution in [2.24, 2.45) is 4.99 Å². The van der Waals surface area contributed by atoms with Gasteiger partial charge in [0.25, 0.3) is 0 Å². The van der Waals surface area contributed by atoms with Crippen LogP contribution in [0.3, 0.4) is 0 Å². The number of nitrogens with zero attached hydrogens (tertiary/aromatic N) is 3. The third kappa shape index (κ3) is 6.18. The fourth-order valence-corrected chi connectivity index (χ4v) is 4.48. The topological polar surface area (TPSA) is 61.8 Å². The first kappa shape index (κ1) is 21.6. The minimum Gasteiger partial charge on any atom is -0.496 e. The van der Waals surface area contributed by atoms with E-state index in [1.165, 1.54) is 29.7 Å². The number of piperidine rings is 1. The maximum atomic E-state index is 5.67. The number of ether oxygens (including phenoxy) is 1. The summed E-state index contributed by atoms with van der Waals surface area (Å²) >= 11 is 1.70. The predicted molar refractivity (Wildman–Crippen MR) is 121 cm³/mol. The van der Waals surface area contributed by atoms with E-state index < -0.39 is 0 Å². The van der Waals surface area contributed by atoms with E-state index in [-0.39, 0.29) is 6.04 Å². The first-order valence-corrected chi connectivity index (χ1v) is 11.3. The number of guanidine groups is 1. The predicted octanol–water partition coefficient (Wildman–Crippen LogP) is 3.74. The summed E-state index contributed by atoms with van der Waals surface area (Å²) < 4.78 is 5.67. The van der Waals surface area contributed by atoms with Crippen LogP contribution in [0.2, 0.25) is 0 Å². The average molecular weight is 416 g/mol. The molecule has 2 N–H and O–H groups in total. The van der Waals surface area contributed by atoms with Gasteiger partial charge in [-0.15, -0.1) is 11.3 Å². The molecule has 7 heteroatoms. The molecule has 3 rings (SSSR count). The summed E-state index contributed by atoms with van der Waals surface area (Å²) in [5, 5.41) is 7.97. The van der Waals surface area contributed by atoms with Gasteiger partial charge in [-0.1, -0.05) is 24.6 Å². The van der Waals surface area contributed by atoms with E-state index in [2.05, 4.69) is 52.6 Å². The van der Waals surface area contributed by atoms with Crippen LogP contribution in [0.15, 0.2) is 35.5 Å². The van der Waals surface area contributed by atoms with Crippen molar-refractivity contribution >= 4 is 17.3 Å². The summed E-state index contributed by atoms with van der Waals surface area (Å²) in [6, 6.07) is 8.61. The van der Waals surface area contributed by atoms with Gasteiger partial charge in [0, 0.05) is 29.7 Å². The van der Waals surface area contributed by atoms with Crippen molar-refractivity contribution in [1.29, 1.82) is 0 Å². The van der Waals surface area contributed by atoms with Gasteiger partial charge in [-0.2, -0.15) is 0 Å². The molecule has 1 aromatic heterocycles. The number of para-hydroxylation sites is 1. The molecule has 0 amide bonds. The number of aromatic nitrogens is 1. The second-order valence-electron chi connectivity index (χ2n) is 7.30. The molecular formula is C22H33N5OS. The number of nitrogens with one attached hydrogen (secondary N) is 2. The van der Waals surface area contributed by atoms with Crippen LogP contribution in [0.5, 0.6) is 5.75 Å². The van der Waals surface area contributed by atoms with Crippen LogP contribution in [0.25, 0.3) is 0 Å². The quantitative estimate of drug-likeness (QED) is 0.508. The molecular weight excluding hydrogens is 382 g/mol. The summed E-state index contributed by atoms with van der Waals surface area (Å²) in [7, 11) is 1.75. The van der Waals surface area contributed by atoms with Crippen LogP contribution in [-0.4, -0.2) is 49.1 Å². The molecule has 1 saturated heterocycles. The Balaban J connectivity index is 1.74. The number of aliphatic imine (C=N–C) groups is 1. The highest BCUT2D eigenvalue weighted by Crippen LogP contribution is 2.30. The number of hydrogen-bond donors (Lipinski definition) is 2. The Kier molecular flexibility index (Phi) is 8.31. The summed E-state index contributed by atoms with van der Waals surface area (Å²) in [5.74, 6) is 1.78. The van der Waals surface area contributed by atoms with Crippen molar-refractivity contribution in [2.75, 3.05) is 33.3 Å². The molecule has 0 aliphatic carbocycles. The Bertz CT molecular complexity index is 785. The van der Waals surface area contributed by atoms with E-state index in [1.807, 2.05) is 12.3 Å². The van der Waals surface area contributed by atoms with Crippen LogP contribution < -0.4 is 15.4 Å². The molecule has 6 nitrogen and oxygen atoms in total. The van der Waals surface area contributed by atoms with Gasteiger partial charge in [0.2, 0.25) is 0 Å². The highest BCUT2D eigenvalue weighted by molar-refractivity contribution is 7.11. The van der Waals surface area contributed by atoms with Gasteiger partial charge in [-0.05, 0) is 45.8 Å². The largest absolute Gasteiger partial charge is 0.496 e. The van der Waals surface area contributed by atoms with Gasteiger partial charge in [0.1, 0.15) is 10.8 Å². The first-order chi connectivity index (χ1) is 14.2. The lowest BCUT2D eigenvalue weighted by molar-refractivity contribution is 0.161. The van der Waals surface area contributed by atoms with Crippen molar-refractivity contribution in [3.8, 4) is 5.75 Å². The van der Waals surface area contributed by atoms with E-state index in [0.717, 1.165) is 42.9 Å². The number of benzene rings is 1. The fraction of sp³-hybridized carbons (Fsp3) is 0.545. The minimum absolute atomic E-state index is 0.248. The molecule has 0 spiro atoms. The molecule has 1 aliphatic rings. The maximum absolute atomic E-state index is 5.67. The zero-order chi connectivity index (χ0) is 20.5. The van der Waals surface area contributed by atoms with Crippen molar-refractivity contribution in [2.45, 2.75) is 45.7 Å². The van der Waals surface area contributed by atoms with Gasteiger partial charge in [-0.25, -0.2) is 9.98 Å². The Hall–Kier alpha value is -2.12. The first-order valence-electron chi connectivity index (χ1n) is 10.5. The lowest BCUT2D eigenvalue weighted by Crippen LogP contribution is -2.44. The third-order valence-electron chi connectivity index (χ3n) is 5.18. The molecule has 1 unspecified atom stereocenters. The lowest BCUT2D eigenvalue weighted by Gasteiger charge is -2.35. The smallest absolute Gasteiger partial charge is 0.191 e. The second kappa shape index (κ2) is 11.2. The van der Waals surface area contributed by atoms with Gasteiger partial charge in [0.05, 0.1) is 19.7 Å². The van der Waals surface area contributed by atoms with E-state index in [4.69, 9.17) is 9.73 Å². The zero-order valence-electron chi connectivity index (χ0n) is 17.8. The second-order valence-corrected chi connectivity index (χ2v) is 8.61. The van der Waals surface area contributed by atoms with E-state index in [1.54, 1.807) is 18.4 Å². The van der Waals surface area contributed by atoms with Gasteiger partial charge >= 0.3 is 0 Å². The number of rotatable bonds is 8. The molecule has 158 valence electrons. The molecule has 2 aromatic rings. The number of aryl methyl sites for hydroxylation is 1. The highest BCUT2D eigenvalue weighted by atomic mass is 32.1. The molecule has 2 heterocycles. The molecule has 1 atom stereocenters. The maximum Gasteiger partial charge on any atom is 0.191 e. The van der Waals surface area contributed by atoms with Crippen LogP contribution >= 0.6 is 11.3 Å². The van der Waals surface area contributed by atoms with Gasteiger partial charge < -0.3 is 15.4 Å². The van der Waals surface area contributed by atoms with Gasteiger partial charge in [-0.3, -0.25) is 4.90 Å². The molecule has 0 bridgehead atoms. The summed E-state index contributed by atoms with van der Waals surface area (Å²) in [6.07, 6.45) is 5.73. The van der Waals surface area contributed by atoms with Crippen molar-refractivity contribution < 1.29 is 4.74 Å². The Labute approximate surface area is 178 Å². The van der Waals surface area contributed by atoms with Crippen molar-refractivity contribution in [1.82, 2.24) is 20.5 Å². The number of likely N-dealkylation sites (tertiary alicyclic amines) is 1. The van der Waals surface area contributed by atoms with Crippen molar-refractivity contribution in [3.05, 3.63) is 45.9 Å². The number of methoxy groups -OCH3 is 1. The Morgan fingerprint density at radius 1 is 1.24 bits per heavy atom. The number of thiazole rings is 1. The van der Waals surface area contributed by atoms with Gasteiger partial charge in [0.15, 0.2) is 5.96 Å². The van der Waals surface area contributed by atoms with E-state index in [9.17, 15) is 0 Å². The number of hydrogen-bond acceptors (Lipinski definition) is 5. The van der Waals surface area contributed by atoms with Crippen LogP contribution in [0.1, 0.15) is 47.7 Å². The molecule has 1 aromatic carbocycles. The average Bonchev–Trinajstić information content (AvgIpc) is 3.18. The highest BCUT2D eigenvalue weighted by Gasteiger charge is 2.25. The Morgan fingerprint density at radius 2 is 2.03 bits per heavy atom. The summed E-state index contributed by atoms with van der Waals surface area (Å²) in [4.78, 5) is 12.9. The van der Waals surface area contributed by atoms with E-state index in [0.29, 0.717) is 6.54 Å². The molecule has 0 saturated carbocycles. The fourth-order valence-electron chi connectivity index (χ4n) is 3.76. The SMILES string of the molecule is CCNC(=NCc1ncc(C)s1)NCC(c1ccccc1OC)N1CCCCC1. The molecule has 1 fully saturated rings. The van der Waals surface area contributed by atoms with Crippen LogP contribution in [0, 0.1) is 6.92 Å². The van der Waals surface area contributed by atoms with Crippen LogP contribution in [0.4, 0.5) is 0 Å². The molecule has 0 radical (unpaired) electrons. The molecule has 1 aliphatic heterocycles. The minimum atomic E-state index is 0.248. The Morgan fingerprint density at radius 3 is 2.72 bits per heavy atom.